The van der Waals surface area contributed by atoms with Crippen molar-refractivity contribution in [2.24, 2.45) is 0 Å². The van der Waals surface area contributed by atoms with Crippen molar-refractivity contribution in [1.82, 2.24) is 4.72 Å². The van der Waals surface area contributed by atoms with Gasteiger partial charge in [0.15, 0.2) is 5.82 Å². The van der Waals surface area contributed by atoms with E-state index in [0.717, 1.165) is 43.6 Å². The molecule has 1 aromatic rings. The number of rotatable bonds is 10. The number of hydrogen-bond acceptors (Lipinski definition) is 5. The van der Waals surface area contributed by atoms with E-state index in [1.807, 2.05) is 19.1 Å². The van der Waals surface area contributed by atoms with Crippen LogP contribution in [0.15, 0.2) is 12.1 Å². The first kappa shape index (κ1) is 25.9. The maximum absolute atomic E-state index is 15.2. The third-order valence-corrected chi connectivity index (χ3v) is 7.80. The number of halogens is 1. The Balaban J connectivity index is 1.85. The minimum absolute atomic E-state index is 0.127. The third-order valence-electron chi connectivity index (χ3n) is 5.60. The van der Waals surface area contributed by atoms with Crippen molar-refractivity contribution >= 4 is 21.4 Å². The van der Waals surface area contributed by atoms with Crippen molar-refractivity contribution in [2.45, 2.75) is 84.2 Å². The first-order valence-corrected chi connectivity index (χ1v) is 12.9. The number of hydrogen-bond donors (Lipinski definition) is 2. The van der Waals surface area contributed by atoms with Crippen molar-refractivity contribution in [3.05, 3.63) is 23.5 Å². The molecule has 2 atom stereocenters. The molecular weight excluding hydrogens is 417 g/mol. The number of unbranched alkanes of at least 4 members (excludes halogenated alkanes) is 2. The Labute approximate surface area is 188 Å². The second kappa shape index (κ2) is 11.0. The first-order valence-electron chi connectivity index (χ1n) is 11.4. The zero-order chi connectivity index (χ0) is 23.2. The standard InChI is InChI=1S/C23H40FN3O3S/c1-7-19-21(27-15-17(2)30-18(3)16-27)12-11-20(22(19)24)25-13-9-8-10-14-26-31(28,29)23(4,5)6/h11-12,17-18,25-26H,7-10,13-16H2,1-6H3/t17-,18+. The fourth-order valence-electron chi connectivity index (χ4n) is 3.83. The van der Waals surface area contributed by atoms with E-state index in [1.165, 1.54) is 0 Å². The molecule has 1 aliphatic rings. The lowest BCUT2D eigenvalue weighted by atomic mass is 10.1. The summed E-state index contributed by atoms with van der Waals surface area (Å²) >= 11 is 0. The Morgan fingerprint density at radius 1 is 1.10 bits per heavy atom. The normalized spacial score (nSPS) is 20.2. The molecule has 6 nitrogen and oxygen atoms in total. The molecule has 1 aliphatic heterocycles. The van der Waals surface area contributed by atoms with Gasteiger partial charge in [0.2, 0.25) is 10.0 Å². The number of anilines is 2. The van der Waals surface area contributed by atoms with E-state index in [1.54, 1.807) is 20.8 Å². The second-order valence-corrected chi connectivity index (χ2v) is 12.0. The van der Waals surface area contributed by atoms with E-state index >= 15 is 4.39 Å². The molecule has 1 fully saturated rings. The largest absolute Gasteiger partial charge is 0.383 e. The van der Waals surface area contributed by atoms with Crippen molar-refractivity contribution in [2.75, 3.05) is 36.4 Å². The summed E-state index contributed by atoms with van der Waals surface area (Å²) in [5, 5.41) is 3.21. The molecule has 31 heavy (non-hydrogen) atoms. The highest BCUT2D eigenvalue weighted by atomic mass is 32.2. The Morgan fingerprint density at radius 3 is 2.29 bits per heavy atom. The van der Waals surface area contributed by atoms with Gasteiger partial charge in [-0.2, -0.15) is 0 Å². The predicted octanol–water partition coefficient (Wildman–Crippen LogP) is 4.30. The number of ether oxygens (including phenoxy) is 1. The summed E-state index contributed by atoms with van der Waals surface area (Å²) in [7, 11) is -3.29. The second-order valence-electron chi connectivity index (χ2n) is 9.44. The Morgan fingerprint density at radius 2 is 1.71 bits per heavy atom. The zero-order valence-electron chi connectivity index (χ0n) is 19.9. The average Bonchev–Trinajstić information content (AvgIpc) is 2.66. The van der Waals surface area contributed by atoms with Gasteiger partial charge in [-0.25, -0.2) is 17.5 Å². The quantitative estimate of drug-likeness (QED) is 0.513. The number of nitrogens with one attached hydrogen (secondary N) is 2. The van der Waals surface area contributed by atoms with Crippen LogP contribution in [0.5, 0.6) is 0 Å². The van der Waals surface area contributed by atoms with Gasteiger partial charge in [-0.1, -0.05) is 13.3 Å². The minimum Gasteiger partial charge on any atom is -0.383 e. The summed E-state index contributed by atoms with van der Waals surface area (Å²) in [6, 6.07) is 3.84. The van der Waals surface area contributed by atoms with Crippen LogP contribution in [0, 0.1) is 5.82 Å². The first-order chi connectivity index (χ1) is 14.5. The molecule has 1 heterocycles. The topological polar surface area (TPSA) is 70.7 Å². The molecule has 2 N–H and O–H groups in total. The lowest BCUT2D eigenvalue weighted by Crippen LogP contribution is -2.45. The van der Waals surface area contributed by atoms with Gasteiger partial charge < -0.3 is 15.0 Å². The van der Waals surface area contributed by atoms with Gasteiger partial charge in [0.05, 0.1) is 22.6 Å². The maximum atomic E-state index is 15.2. The predicted molar refractivity (Wildman–Crippen MR) is 127 cm³/mol. The number of benzene rings is 1. The van der Waals surface area contributed by atoms with Crippen LogP contribution in [0.25, 0.3) is 0 Å². The Hall–Kier alpha value is -1.38. The van der Waals surface area contributed by atoms with Crippen LogP contribution < -0.4 is 14.9 Å². The van der Waals surface area contributed by atoms with Crippen LogP contribution in [0.4, 0.5) is 15.8 Å². The molecule has 0 saturated carbocycles. The molecule has 1 saturated heterocycles. The molecular formula is C23H40FN3O3S. The summed E-state index contributed by atoms with van der Waals surface area (Å²) in [5.74, 6) is -0.176. The third kappa shape index (κ3) is 7.05. The molecule has 2 rings (SSSR count). The van der Waals surface area contributed by atoms with E-state index in [2.05, 4.69) is 28.8 Å². The lowest BCUT2D eigenvalue weighted by molar-refractivity contribution is -0.00527. The molecule has 0 aromatic heterocycles. The van der Waals surface area contributed by atoms with Crippen LogP contribution in [0.1, 0.15) is 66.4 Å². The van der Waals surface area contributed by atoms with Crippen molar-refractivity contribution in [1.29, 1.82) is 0 Å². The van der Waals surface area contributed by atoms with Gasteiger partial charge in [0, 0.05) is 37.4 Å². The van der Waals surface area contributed by atoms with Gasteiger partial charge in [-0.15, -0.1) is 0 Å². The van der Waals surface area contributed by atoms with Gasteiger partial charge in [0.1, 0.15) is 0 Å². The molecule has 0 aliphatic carbocycles. The average molecular weight is 458 g/mol. The lowest BCUT2D eigenvalue weighted by Gasteiger charge is -2.38. The smallest absolute Gasteiger partial charge is 0.216 e. The van der Waals surface area contributed by atoms with Crippen LogP contribution in [0.2, 0.25) is 0 Å². The molecule has 0 bridgehead atoms. The Bertz CT molecular complexity index is 814. The van der Waals surface area contributed by atoms with Crippen LogP contribution in [-0.4, -0.2) is 51.6 Å². The zero-order valence-corrected chi connectivity index (χ0v) is 20.7. The number of morpholine rings is 1. The van der Waals surface area contributed by atoms with Crippen molar-refractivity contribution in [3.8, 4) is 0 Å². The van der Waals surface area contributed by atoms with Crippen molar-refractivity contribution < 1.29 is 17.5 Å². The van der Waals surface area contributed by atoms with E-state index < -0.39 is 14.8 Å². The van der Waals surface area contributed by atoms with Gasteiger partial charge in [-0.05, 0) is 66.0 Å². The minimum atomic E-state index is -3.29. The summed E-state index contributed by atoms with van der Waals surface area (Å²) in [4.78, 5) is 2.23. The maximum Gasteiger partial charge on any atom is 0.216 e. The number of nitrogens with zero attached hydrogens (tertiary/aromatic N) is 1. The molecule has 0 unspecified atom stereocenters. The van der Waals surface area contributed by atoms with E-state index in [-0.39, 0.29) is 18.0 Å². The summed E-state index contributed by atoms with van der Waals surface area (Å²) < 4.78 is 46.9. The molecule has 8 heteroatoms. The molecule has 1 aromatic carbocycles. The fourth-order valence-corrected chi connectivity index (χ4v) is 4.67. The SMILES string of the molecule is CCc1c(N2C[C@@H](C)O[C@@H](C)C2)ccc(NCCCCCNS(=O)(=O)C(C)(C)C)c1F. The highest BCUT2D eigenvalue weighted by molar-refractivity contribution is 7.90. The highest BCUT2D eigenvalue weighted by Gasteiger charge is 2.28. The summed E-state index contributed by atoms with van der Waals surface area (Å²) in [6.07, 6.45) is 3.35. The monoisotopic (exact) mass is 457 g/mol. The summed E-state index contributed by atoms with van der Waals surface area (Å²) in [5.41, 5.74) is 2.23. The molecule has 0 amide bonds. The molecule has 0 radical (unpaired) electrons. The molecule has 178 valence electrons. The fraction of sp³-hybridized carbons (Fsp3) is 0.739. The van der Waals surface area contributed by atoms with Gasteiger partial charge in [-0.3, -0.25) is 0 Å². The Kier molecular flexibility index (Phi) is 9.15. The number of sulfonamides is 1. The van der Waals surface area contributed by atoms with Crippen LogP contribution in [0.3, 0.4) is 0 Å². The van der Waals surface area contributed by atoms with Crippen LogP contribution in [-0.2, 0) is 21.2 Å². The van der Waals surface area contributed by atoms with E-state index in [9.17, 15) is 8.42 Å². The van der Waals surface area contributed by atoms with E-state index in [4.69, 9.17) is 4.74 Å². The van der Waals surface area contributed by atoms with Crippen LogP contribution >= 0.6 is 0 Å². The van der Waals surface area contributed by atoms with Gasteiger partial charge >= 0.3 is 0 Å². The van der Waals surface area contributed by atoms with Crippen molar-refractivity contribution in [3.63, 3.8) is 0 Å². The summed E-state index contributed by atoms with van der Waals surface area (Å²) in [6.45, 7) is 13.7. The van der Waals surface area contributed by atoms with Gasteiger partial charge in [0.25, 0.3) is 0 Å². The molecule has 0 spiro atoms. The highest BCUT2D eigenvalue weighted by Crippen LogP contribution is 2.31. The van der Waals surface area contributed by atoms with E-state index in [0.29, 0.717) is 25.2 Å².